The molecule has 1 aliphatic heterocycles. The number of pyridine rings is 1. The number of H-pyrrole nitrogens is 1. The maximum Gasteiger partial charge on any atom is 0.244 e. The summed E-state index contributed by atoms with van der Waals surface area (Å²) in [5, 5.41) is 17.8. The maximum atomic E-state index is 9.68. The lowest BCUT2D eigenvalue weighted by atomic mass is 9.84. The molecule has 3 N–H and O–H groups in total. The van der Waals surface area contributed by atoms with Crippen LogP contribution in [0.3, 0.4) is 0 Å². The Balaban J connectivity index is 1.96. The zero-order valence-corrected chi connectivity index (χ0v) is 15.5. The van der Waals surface area contributed by atoms with Crippen molar-refractivity contribution < 1.29 is 9.47 Å². The van der Waals surface area contributed by atoms with Crippen molar-refractivity contribution in [2.45, 2.75) is 19.8 Å². The summed E-state index contributed by atoms with van der Waals surface area (Å²) in [7, 11) is 0. The van der Waals surface area contributed by atoms with Crippen LogP contribution in [0.5, 0.6) is 11.6 Å². The smallest absolute Gasteiger partial charge is 0.244 e. The number of aryl methyl sites for hydroxylation is 1. The third-order valence-corrected chi connectivity index (χ3v) is 4.82. The summed E-state index contributed by atoms with van der Waals surface area (Å²) in [6.07, 6.45) is 0. The number of hydrogen-bond donors (Lipinski definition) is 2. The number of hydrogen-bond acceptors (Lipinski definition) is 6. The van der Waals surface area contributed by atoms with Crippen molar-refractivity contribution in [2.75, 3.05) is 6.61 Å². The molecule has 0 radical (unpaired) electrons. The topological polar surface area (TPSA) is 110 Å². The number of nitrogens with one attached hydrogen (secondary N) is 1. The van der Waals surface area contributed by atoms with Crippen LogP contribution in [0.25, 0.3) is 10.9 Å². The summed E-state index contributed by atoms with van der Waals surface area (Å²) in [6.45, 7) is 4.34. The third kappa shape index (κ3) is 2.75. The van der Waals surface area contributed by atoms with Gasteiger partial charge in [-0.3, -0.25) is 5.10 Å². The number of rotatable bonds is 3. The minimum atomic E-state index is -0.516. The highest BCUT2D eigenvalue weighted by molar-refractivity contribution is 6.30. The van der Waals surface area contributed by atoms with E-state index in [2.05, 4.69) is 21.3 Å². The van der Waals surface area contributed by atoms with E-state index in [1.807, 2.05) is 38.1 Å². The predicted octanol–water partition coefficient (Wildman–Crippen LogP) is 3.54. The fourth-order valence-electron chi connectivity index (χ4n) is 3.32. The number of nitriles is 1. The van der Waals surface area contributed by atoms with Crippen molar-refractivity contribution in [2.24, 2.45) is 5.73 Å². The summed E-state index contributed by atoms with van der Waals surface area (Å²) in [5.41, 5.74) is 9.13. The van der Waals surface area contributed by atoms with E-state index >= 15 is 0 Å². The van der Waals surface area contributed by atoms with Gasteiger partial charge in [-0.05, 0) is 38.1 Å². The molecule has 0 fully saturated rings. The van der Waals surface area contributed by atoms with Crippen molar-refractivity contribution in [1.29, 1.82) is 5.26 Å². The summed E-state index contributed by atoms with van der Waals surface area (Å²) < 4.78 is 11.1. The Hall–Kier alpha value is -3.24. The maximum absolute atomic E-state index is 9.68. The molecule has 3 heterocycles. The van der Waals surface area contributed by atoms with Crippen molar-refractivity contribution in [3.63, 3.8) is 0 Å². The Morgan fingerprint density at radius 3 is 2.96 bits per heavy atom. The molecule has 1 aliphatic rings. The quantitative estimate of drug-likeness (QED) is 0.671. The first-order valence-electron chi connectivity index (χ1n) is 8.39. The van der Waals surface area contributed by atoms with E-state index in [0.29, 0.717) is 23.2 Å². The van der Waals surface area contributed by atoms with Gasteiger partial charge in [0.15, 0.2) is 0 Å². The van der Waals surface area contributed by atoms with Gasteiger partial charge in [0, 0.05) is 22.2 Å². The van der Waals surface area contributed by atoms with Crippen LogP contribution < -0.4 is 15.2 Å². The monoisotopic (exact) mass is 381 g/mol. The molecule has 4 rings (SSSR count). The van der Waals surface area contributed by atoms with E-state index < -0.39 is 5.92 Å². The molecule has 0 spiro atoms. The number of nitrogens with two attached hydrogens (primary N) is 1. The minimum absolute atomic E-state index is 0.0146. The van der Waals surface area contributed by atoms with Gasteiger partial charge in [-0.25, -0.2) is 4.98 Å². The molecule has 0 saturated carbocycles. The van der Waals surface area contributed by atoms with Gasteiger partial charge in [0.2, 0.25) is 11.8 Å². The molecule has 1 atom stereocenters. The van der Waals surface area contributed by atoms with Gasteiger partial charge < -0.3 is 15.2 Å². The average Bonchev–Trinajstić information content (AvgIpc) is 3.01. The lowest BCUT2D eigenvalue weighted by Crippen LogP contribution is -2.21. The van der Waals surface area contributed by atoms with Crippen LogP contribution in [0, 0.1) is 18.3 Å². The Kier molecular flexibility index (Phi) is 4.13. The third-order valence-electron chi connectivity index (χ3n) is 4.52. The molecule has 0 bridgehead atoms. The molecule has 0 aliphatic carbocycles. The summed E-state index contributed by atoms with van der Waals surface area (Å²) >= 11 is 6.51. The molecular formula is C19H16ClN5O2. The highest BCUT2D eigenvalue weighted by atomic mass is 35.5. The summed E-state index contributed by atoms with van der Waals surface area (Å²) in [5.74, 6) is 0.578. The fraction of sp³-hybridized carbons (Fsp3) is 0.211. The first kappa shape index (κ1) is 17.2. The first-order chi connectivity index (χ1) is 13.0. The number of nitrogens with zero attached hydrogens (tertiary/aromatic N) is 3. The number of aromatic amines is 1. The number of benzene rings is 1. The van der Waals surface area contributed by atoms with E-state index in [4.69, 9.17) is 26.8 Å². The van der Waals surface area contributed by atoms with E-state index in [0.717, 1.165) is 27.9 Å². The van der Waals surface area contributed by atoms with Crippen LogP contribution in [0.1, 0.15) is 29.7 Å². The lowest BCUT2D eigenvalue weighted by molar-refractivity contribution is 0.340. The fourth-order valence-corrected chi connectivity index (χ4v) is 3.57. The van der Waals surface area contributed by atoms with Gasteiger partial charge in [0.05, 0.1) is 18.0 Å². The van der Waals surface area contributed by atoms with Gasteiger partial charge >= 0.3 is 0 Å². The Morgan fingerprint density at radius 2 is 2.22 bits per heavy atom. The Labute approximate surface area is 160 Å². The standard InChI is InChI=1S/C19H16ClN5O2/c1-3-26-11-4-5-14-10(6-11)7-12(17(20)23-14)16-13(8-21)18(22)27-19-15(16)9(2)24-25-19/h4-7,16H,3,22H2,1-2H3,(H,24,25). The average molecular weight is 382 g/mol. The van der Waals surface area contributed by atoms with Crippen LogP contribution in [0.2, 0.25) is 5.15 Å². The molecule has 8 heteroatoms. The number of ether oxygens (including phenoxy) is 2. The lowest BCUT2D eigenvalue weighted by Gasteiger charge is -2.24. The van der Waals surface area contributed by atoms with Crippen LogP contribution in [-0.2, 0) is 0 Å². The minimum Gasteiger partial charge on any atom is -0.494 e. The van der Waals surface area contributed by atoms with E-state index in [-0.39, 0.29) is 11.5 Å². The molecule has 1 unspecified atom stereocenters. The predicted molar refractivity (Wildman–Crippen MR) is 101 cm³/mol. The Bertz CT molecular complexity index is 1130. The number of aromatic nitrogens is 3. The summed E-state index contributed by atoms with van der Waals surface area (Å²) in [4.78, 5) is 4.50. The SMILES string of the molecule is CCOc1ccc2nc(Cl)c(C3C(C#N)=C(N)Oc4n[nH]c(C)c43)cc2c1. The molecule has 2 aromatic heterocycles. The van der Waals surface area contributed by atoms with Crippen LogP contribution >= 0.6 is 11.6 Å². The first-order valence-corrected chi connectivity index (χ1v) is 8.76. The number of allylic oxidation sites excluding steroid dienone is 1. The van der Waals surface area contributed by atoms with Crippen molar-refractivity contribution >= 4 is 22.5 Å². The normalized spacial score (nSPS) is 16.0. The second-order valence-electron chi connectivity index (χ2n) is 6.15. The van der Waals surface area contributed by atoms with Crippen molar-refractivity contribution in [1.82, 2.24) is 15.2 Å². The van der Waals surface area contributed by atoms with Gasteiger partial charge in [0.25, 0.3) is 0 Å². The van der Waals surface area contributed by atoms with E-state index in [9.17, 15) is 5.26 Å². The van der Waals surface area contributed by atoms with Gasteiger partial charge in [-0.15, -0.1) is 5.10 Å². The second kappa shape index (κ2) is 6.49. The van der Waals surface area contributed by atoms with E-state index in [1.165, 1.54) is 0 Å². The molecule has 3 aromatic rings. The van der Waals surface area contributed by atoms with Crippen molar-refractivity contribution in [3.05, 3.63) is 57.7 Å². The van der Waals surface area contributed by atoms with Crippen LogP contribution in [0.15, 0.2) is 35.7 Å². The zero-order chi connectivity index (χ0) is 19.1. The van der Waals surface area contributed by atoms with Crippen molar-refractivity contribution in [3.8, 4) is 17.7 Å². The molecular weight excluding hydrogens is 366 g/mol. The largest absolute Gasteiger partial charge is 0.494 e. The van der Waals surface area contributed by atoms with Gasteiger partial charge in [0.1, 0.15) is 22.5 Å². The number of halogens is 1. The zero-order valence-electron chi connectivity index (χ0n) is 14.7. The number of fused-ring (bicyclic) bond motifs is 2. The highest BCUT2D eigenvalue weighted by Gasteiger charge is 2.35. The molecule has 136 valence electrons. The van der Waals surface area contributed by atoms with E-state index in [1.54, 1.807) is 0 Å². The molecule has 7 nitrogen and oxygen atoms in total. The highest BCUT2D eigenvalue weighted by Crippen LogP contribution is 2.45. The summed E-state index contributed by atoms with van der Waals surface area (Å²) in [6, 6.07) is 9.65. The van der Waals surface area contributed by atoms with Crippen LogP contribution in [0.4, 0.5) is 0 Å². The van der Waals surface area contributed by atoms with Gasteiger partial charge in [-0.1, -0.05) is 11.6 Å². The molecule has 1 aromatic carbocycles. The molecule has 27 heavy (non-hydrogen) atoms. The second-order valence-corrected chi connectivity index (χ2v) is 6.51. The van der Waals surface area contributed by atoms with Crippen LogP contribution in [-0.4, -0.2) is 21.8 Å². The van der Waals surface area contributed by atoms with Gasteiger partial charge in [-0.2, -0.15) is 5.26 Å². The Morgan fingerprint density at radius 1 is 1.41 bits per heavy atom. The molecule has 0 amide bonds. The molecule has 0 saturated heterocycles.